The summed E-state index contributed by atoms with van der Waals surface area (Å²) in [6.45, 7) is 3.17. The molecule has 2 rings (SSSR count). The van der Waals surface area contributed by atoms with Gasteiger partial charge in [-0.25, -0.2) is 0 Å². The van der Waals surface area contributed by atoms with Crippen molar-refractivity contribution in [2.24, 2.45) is 0 Å². The summed E-state index contributed by atoms with van der Waals surface area (Å²) in [4.78, 5) is 35.4. The van der Waals surface area contributed by atoms with Crippen molar-refractivity contribution >= 4 is 17.6 Å². The van der Waals surface area contributed by atoms with E-state index in [2.05, 4.69) is 5.10 Å². The van der Waals surface area contributed by atoms with Crippen LogP contribution in [0, 0.1) is 24.0 Å². The van der Waals surface area contributed by atoms with Crippen LogP contribution >= 0.6 is 0 Å². The van der Waals surface area contributed by atoms with E-state index in [-0.39, 0.29) is 43.3 Å². The molecule has 1 aromatic heterocycles. The molecule has 0 spiro atoms. The molecule has 0 saturated carbocycles. The Balaban J connectivity index is 2.02. The SMILES string of the molecule is Cc1nn(CCC(=O)N(CCc2ccccc2)CC(=O)O)c(C)c1[N+](=O)[O-]. The largest absolute Gasteiger partial charge is 0.480 e. The molecule has 0 aliphatic rings. The molecule has 0 bridgehead atoms. The highest BCUT2D eigenvalue weighted by molar-refractivity contribution is 5.81. The number of hydrogen-bond acceptors (Lipinski definition) is 5. The maximum absolute atomic E-state index is 12.5. The van der Waals surface area contributed by atoms with Crippen molar-refractivity contribution in [3.05, 3.63) is 57.4 Å². The van der Waals surface area contributed by atoms with Crippen molar-refractivity contribution in [1.29, 1.82) is 0 Å². The first-order valence-electron chi connectivity index (χ1n) is 8.51. The Labute approximate surface area is 156 Å². The first-order chi connectivity index (χ1) is 12.8. The van der Waals surface area contributed by atoms with Gasteiger partial charge < -0.3 is 10.0 Å². The van der Waals surface area contributed by atoms with Crippen molar-refractivity contribution in [2.45, 2.75) is 33.2 Å². The van der Waals surface area contributed by atoms with Gasteiger partial charge >= 0.3 is 11.7 Å². The zero-order valence-electron chi connectivity index (χ0n) is 15.3. The number of aliphatic carboxylic acids is 1. The molecule has 1 N–H and O–H groups in total. The average Bonchev–Trinajstić information content (AvgIpc) is 2.90. The van der Waals surface area contributed by atoms with E-state index in [1.165, 1.54) is 9.58 Å². The summed E-state index contributed by atoms with van der Waals surface area (Å²) in [5.74, 6) is -1.42. The second-order valence-corrected chi connectivity index (χ2v) is 6.19. The molecule has 9 heteroatoms. The Morgan fingerprint density at radius 2 is 1.93 bits per heavy atom. The number of carbonyl (C=O) groups excluding carboxylic acids is 1. The summed E-state index contributed by atoms with van der Waals surface area (Å²) in [6.07, 6.45) is 0.562. The molecule has 0 saturated heterocycles. The third-order valence-corrected chi connectivity index (χ3v) is 4.26. The van der Waals surface area contributed by atoms with Crippen molar-refractivity contribution in [2.75, 3.05) is 13.1 Å². The molecule has 0 radical (unpaired) electrons. The quantitative estimate of drug-likeness (QED) is 0.529. The van der Waals surface area contributed by atoms with E-state index in [1.807, 2.05) is 30.3 Å². The summed E-state index contributed by atoms with van der Waals surface area (Å²) in [5, 5.41) is 24.2. The first kappa shape index (κ1) is 20.1. The number of carbonyl (C=O) groups is 2. The highest BCUT2D eigenvalue weighted by atomic mass is 16.6. The number of carboxylic acids is 1. The van der Waals surface area contributed by atoms with E-state index in [0.29, 0.717) is 12.1 Å². The molecule has 0 atom stereocenters. The topological polar surface area (TPSA) is 119 Å². The van der Waals surface area contributed by atoms with Crippen LogP contribution in [0.4, 0.5) is 5.69 Å². The lowest BCUT2D eigenvalue weighted by atomic mass is 10.1. The standard InChI is InChI=1S/C18H22N4O5/c1-13-18(22(26)27)14(2)21(19-13)11-9-16(23)20(12-17(24)25)10-8-15-6-4-3-5-7-15/h3-7H,8-12H2,1-2H3,(H,24,25). The van der Waals surface area contributed by atoms with Crippen LogP contribution < -0.4 is 0 Å². The minimum Gasteiger partial charge on any atom is -0.480 e. The zero-order chi connectivity index (χ0) is 20.0. The van der Waals surface area contributed by atoms with Gasteiger partial charge in [0.15, 0.2) is 0 Å². The summed E-state index contributed by atoms with van der Waals surface area (Å²) < 4.78 is 1.42. The number of aromatic nitrogens is 2. The highest BCUT2D eigenvalue weighted by Gasteiger charge is 2.23. The fourth-order valence-corrected chi connectivity index (χ4v) is 2.89. The summed E-state index contributed by atoms with van der Waals surface area (Å²) in [7, 11) is 0. The Kier molecular flexibility index (Phi) is 6.64. The number of carboxylic acid groups (broad SMARTS) is 1. The van der Waals surface area contributed by atoms with Gasteiger partial charge in [-0.2, -0.15) is 5.10 Å². The van der Waals surface area contributed by atoms with E-state index < -0.39 is 10.9 Å². The normalized spacial score (nSPS) is 10.6. The number of amides is 1. The van der Waals surface area contributed by atoms with E-state index in [0.717, 1.165) is 5.56 Å². The predicted molar refractivity (Wildman–Crippen MR) is 97.3 cm³/mol. The van der Waals surface area contributed by atoms with Crippen LogP contribution in [-0.2, 0) is 22.6 Å². The highest BCUT2D eigenvalue weighted by Crippen LogP contribution is 2.22. The van der Waals surface area contributed by atoms with Crippen LogP contribution in [0.15, 0.2) is 30.3 Å². The third kappa shape index (κ3) is 5.37. The molecule has 9 nitrogen and oxygen atoms in total. The summed E-state index contributed by atoms with van der Waals surface area (Å²) in [5.41, 5.74) is 1.61. The van der Waals surface area contributed by atoms with Crippen LogP contribution in [0.5, 0.6) is 0 Å². The van der Waals surface area contributed by atoms with Crippen LogP contribution in [0.3, 0.4) is 0 Å². The first-order valence-corrected chi connectivity index (χ1v) is 8.51. The number of nitrogens with zero attached hydrogens (tertiary/aromatic N) is 4. The van der Waals surface area contributed by atoms with Gasteiger partial charge in [0.25, 0.3) is 0 Å². The molecule has 0 unspecified atom stereocenters. The Morgan fingerprint density at radius 3 is 2.48 bits per heavy atom. The second-order valence-electron chi connectivity index (χ2n) is 6.19. The summed E-state index contributed by atoms with van der Waals surface area (Å²) in [6, 6.07) is 9.48. The van der Waals surface area contributed by atoms with Crippen LogP contribution in [0.2, 0.25) is 0 Å². The van der Waals surface area contributed by atoms with Crippen molar-refractivity contribution in [1.82, 2.24) is 14.7 Å². The third-order valence-electron chi connectivity index (χ3n) is 4.26. The molecule has 27 heavy (non-hydrogen) atoms. The lowest BCUT2D eigenvalue weighted by Gasteiger charge is -2.21. The average molecular weight is 374 g/mol. The Bertz CT molecular complexity index is 832. The van der Waals surface area contributed by atoms with Crippen LogP contribution in [-0.4, -0.2) is 49.7 Å². The molecule has 2 aromatic rings. The molecule has 1 heterocycles. The molecular formula is C18H22N4O5. The van der Waals surface area contributed by atoms with Crippen molar-refractivity contribution < 1.29 is 19.6 Å². The number of nitro groups is 1. The monoisotopic (exact) mass is 374 g/mol. The van der Waals surface area contributed by atoms with Gasteiger partial charge in [-0.1, -0.05) is 30.3 Å². The van der Waals surface area contributed by atoms with Crippen molar-refractivity contribution in [3.63, 3.8) is 0 Å². The Morgan fingerprint density at radius 1 is 1.26 bits per heavy atom. The smallest absolute Gasteiger partial charge is 0.323 e. The molecule has 1 aromatic carbocycles. The number of rotatable bonds is 9. The van der Waals surface area contributed by atoms with Gasteiger partial charge in [-0.05, 0) is 25.8 Å². The number of hydrogen-bond donors (Lipinski definition) is 1. The molecular weight excluding hydrogens is 352 g/mol. The maximum Gasteiger partial charge on any atom is 0.323 e. The van der Waals surface area contributed by atoms with Gasteiger partial charge in [0.1, 0.15) is 17.9 Å². The predicted octanol–water partition coefficient (Wildman–Crippen LogP) is 1.95. The van der Waals surface area contributed by atoms with Gasteiger partial charge in [-0.3, -0.25) is 24.4 Å². The van der Waals surface area contributed by atoms with E-state index in [4.69, 9.17) is 5.11 Å². The summed E-state index contributed by atoms with van der Waals surface area (Å²) >= 11 is 0. The number of benzene rings is 1. The molecule has 144 valence electrons. The molecule has 0 aliphatic heterocycles. The van der Waals surface area contributed by atoms with Gasteiger partial charge in [-0.15, -0.1) is 0 Å². The lowest BCUT2D eigenvalue weighted by Crippen LogP contribution is -2.37. The van der Waals surface area contributed by atoms with Gasteiger partial charge in [0.05, 0.1) is 11.5 Å². The van der Waals surface area contributed by atoms with E-state index in [9.17, 15) is 19.7 Å². The molecule has 0 fully saturated rings. The lowest BCUT2D eigenvalue weighted by molar-refractivity contribution is -0.386. The number of aryl methyl sites for hydroxylation is 2. The molecule has 0 aliphatic carbocycles. The van der Waals surface area contributed by atoms with Gasteiger partial charge in [0, 0.05) is 13.0 Å². The van der Waals surface area contributed by atoms with E-state index in [1.54, 1.807) is 13.8 Å². The second kappa shape index (κ2) is 8.93. The Hall–Kier alpha value is -3.23. The van der Waals surface area contributed by atoms with Crippen LogP contribution in [0.25, 0.3) is 0 Å². The van der Waals surface area contributed by atoms with Crippen LogP contribution in [0.1, 0.15) is 23.4 Å². The zero-order valence-corrected chi connectivity index (χ0v) is 15.3. The minimum atomic E-state index is -1.09. The maximum atomic E-state index is 12.5. The fourth-order valence-electron chi connectivity index (χ4n) is 2.89. The molecule has 1 amide bonds. The van der Waals surface area contributed by atoms with E-state index >= 15 is 0 Å². The van der Waals surface area contributed by atoms with Crippen molar-refractivity contribution in [3.8, 4) is 0 Å². The minimum absolute atomic E-state index is 0.0151. The van der Waals surface area contributed by atoms with Gasteiger partial charge in [0.2, 0.25) is 5.91 Å². The fraction of sp³-hybridized carbons (Fsp3) is 0.389.